The quantitative estimate of drug-likeness (QED) is 0.589. The van der Waals surface area contributed by atoms with E-state index in [2.05, 4.69) is 46.0 Å². The van der Waals surface area contributed by atoms with Gasteiger partial charge in [0.25, 0.3) is 0 Å². The van der Waals surface area contributed by atoms with Gasteiger partial charge in [-0.1, -0.05) is 17.8 Å². The summed E-state index contributed by atoms with van der Waals surface area (Å²) in [5.74, 6) is 0. The highest BCUT2D eigenvalue weighted by molar-refractivity contribution is 14.1. The van der Waals surface area contributed by atoms with Crippen molar-refractivity contribution in [2.45, 2.75) is 4.34 Å². The maximum Gasteiger partial charge on any atom is 0.150 e. The average Bonchev–Trinajstić information content (AvgIpc) is 2.49. The van der Waals surface area contributed by atoms with E-state index in [4.69, 9.17) is 0 Å². The van der Waals surface area contributed by atoms with Crippen LogP contribution in [0.25, 0.3) is 10.2 Å². The van der Waals surface area contributed by atoms with Crippen LogP contribution < -0.4 is 0 Å². The van der Waals surface area contributed by atoms with Gasteiger partial charge in [0.05, 0.1) is 10.2 Å². The Hall–Kier alpha value is 0.190. The smallest absolute Gasteiger partial charge is 0.150 e. The summed E-state index contributed by atoms with van der Waals surface area (Å²) in [5.41, 5.74) is 1.12. The summed E-state index contributed by atoms with van der Waals surface area (Å²) in [4.78, 5) is 4.47. The van der Waals surface area contributed by atoms with Crippen molar-refractivity contribution < 1.29 is 0 Å². The number of fused-ring (bicyclic) bond motifs is 1. The van der Waals surface area contributed by atoms with Crippen molar-refractivity contribution in [1.29, 1.82) is 0 Å². The molecule has 0 aliphatic carbocycles. The van der Waals surface area contributed by atoms with Crippen LogP contribution in [-0.2, 0) is 0 Å². The first-order valence-electron chi connectivity index (χ1n) is 3.40. The maximum atomic E-state index is 4.47. The zero-order chi connectivity index (χ0) is 8.55. The number of hydrogen-bond acceptors (Lipinski definition) is 3. The second kappa shape index (κ2) is 3.51. The molecule has 0 bridgehead atoms. The molecule has 0 fully saturated rings. The third-order valence-electron chi connectivity index (χ3n) is 1.52. The van der Waals surface area contributed by atoms with E-state index in [1.807, 2.05) is 6.07 Å². The van der Waals surface area contributed by atoms with E-state index in [1.54, 1.807) is 23.1 Å². The number of benzene rings is 1. The summed E-state index contributed by atoms with van der Waals surface area (Å²) in [6, 6.07) is 6.23. The standard InChI is InChI=1S/C8H6INS2/c1-11-8-10-6-4-2-3-5(9)7(6)12-8/h2-4H,1H3. The molecule has 0 radical (unpaired) electrons. The van der Waals surface area contributed by atoms with Crippen LogP contribution in [0.1, 0.15) is 0 Å². The maximum absolute atomic E-state index is 4.47. The fraction of sp³-hybridized carbons (Fsp3) is 0.125. The van der Waals surface area contributed by atoms with Crippen LogP contribution in [0.3, 0.4) is 0 Å². The molecule has 0 amide bonds. The SMILES string of the molecule is CSc1nc2cccc(I)c2s1. The Balaban J connectivity index is 2.74. The van der Waals surface area contributed by atoms with Crippen LogP contribution in [0, 0.1) is 3.57 Å². The van der Waals surface area contributed by atoms with Gasteiger partial charge in [-0.25, -0.2) is 4.98 Å². The minimum atomic E-state index is 1.12. The van der Waals surface area contributed by atoms with E-state index in [-0.39, 0.29) is 0 Å². The predicted octanol–water partition coefficient (Wildman–Crippen LogP) is 3.62. The first-order chi connectivity index (χ1) is 5.81. The van der Waals surface area contributed by atoms with E-state index in [0.29, 0.717) is 0 Å². The van der Waals surface area contributed by atoms with Crippen molar-refractivity contribution >= 4 is 55.9 Å². The molecule has 0 aliphatic rings. The first-order valence-corrected chi connectivity index (χ1v) is 6.52. The van der Waals surface area contributed by atoms with E-state index >= 15 is 0 Å². The molecular formula is C8H6INS2. The van der Waals surface area contributed by atoms with Crippen LogP contribution in [0.15, 0.2) is 22.5 Å². The molecular weight excluding hydrogens is 301 g/mol. The molecule has 1 nitrogen and oxygen atoms in total. The molecule has 0 unspecified atom stereocenters. The van der Waals surface area contributed by atoms with Gasteiger partial charge in [-0.15, -0.1) is 11.3 Å². The molecule has 0 spiro atoms. The van der Waals surface area contributed by atoms with Gasteiger partial charge in [0, 0.05) is 3.57 Å². The van der Waals surface area contributed by atoms with Gasteiger partial charge in [0.2, 0.25) is 0 Å². The van der Waals surface area contributed by atoms with E-state index in [1.165, 1.54) is 8.27 Å². The minimum Gasteiger partial charge on any atom is -0.230 e. The molecule has 4 heteroatoms. The third-order valence-corrected chi connectivity index (χ3v) is 4.88. The normalized spacial score (nSPS) is 10.8. The summed E-state index contributed by atoms with van der Waals surface area (Å²) < 4.78 is 3.75. The molecule has 0 aliphatic heterocycles. The molecule has 1 heterocycles. The lowest BCUT2D eigenvalue weighted by Gasteiger charge is -1.88. The van der Waals surface area contributed by atoms with E-state index in [9.17, 15) is 0 Å². The van der Waals surface area contributed by atoms with Crippen LogP contribution in [-0.4, -0.2) is 11.2 Å². The number of thiazole rings is 1. The van der Waals surface area contributed by atoms with Gasteiger partial charge in [-0.3, -0.25) is 0 Å². The van der Waals surface area contributed by atoms with Gasteiger partial charge >= 0.3 is 0 Å². The second-order valence-corrected chi connectivity index (χ2v) is 5.49. The number of hydrogen-bond donors (Lipinski definition) is 0. The fourth-order valence-corrected chi connectivity index (χ4v) is 3.27. The van der Waals surface area contributed by atoms with Crippen LogP contribution in [0.2, 0.25) is 0 Å². The Bertz CT molecular complexity index is 410. The molecule has 2 rings (SSSR count). The largest absolute Gasteiger partial charge is 0.230 e. The van der Waals surface area contributed by atoms with Crippen molar-refractivity contribution in [3.63, 3.8) is 0 Å². The lowest BCUT2D eigenvalue weighted by atomic mass is 10.3. The topological polar surface area (TPSA) is 12.9 Å². The molecule has 0 saturated carbocycles. The van der Waals surface area contributed by atoms with Gasteiger partial charge in [0.1, 0.15) is 0 Å². The van der Waals surface area contributed by atoms with Gasteiger partial charge < -0.3 is 0 Å². The second-order valence-electron chi connectivity index (χ2n) is 2.27. The van der Waals surface area contributed by atoms with Crippen molar-refractivity contribution in [1.82, 2.24) is 4.98 Å². The summed E-state index contributed by atoms with van der Waals surface area (Å²) in [5, 5.41) is 0. The molecule has 12 heavy (non-hydrogen) atoms. The van der Waals surface area contributed by atoms with Crippen LogP contribution in [0.5, 0.6) is 0 Å². The first kappa shape index (κ1) is 8.77. The highest BCUT2D eigenvalue weighted by Crippen LogP contribution is 2.30. The third kappa shape index (κ3) is 1.47. The molecule has 2 aromatic rings. The molecule has 0 atom stereocenters. The summed E-state index contributed by atoms with van der Waals surface area (Å²) >= 11 is 5.82. The Morgan fingerprint density at radius 2 is 2.33 bits per heavy atom. The number of thioether (sulfide) groups is 1. The van der Waals surface area contributed by atoms with Crippen molar-refractivity contribution in [2.24, 2.45) is 0 Å². The molecule has 1 aromatic carbocycles. The zero-order valence-corrected chi connectivity index (χ0v) is 10.2. The Morgan fingerprint density at radius 3 is 3.00 bits per heavy atom. The lowest BCUT2D eigenvalue weighted by Crippen LogP contribution is -1.70. The van der Waals surface area contributed by atoms with E-state index < -0.39 is 0 Å². The Kier molecular flexibility index (Phi) is 2.57. The summed E-state index contributed by atoms with van der Waals surface area (Å²) in [7, 11) is 0. The lowest BCUT2D eigenvalue weighted by molar-refractivity contribution is 1.31. The summed E-state index contributed by atoms with van der Waals surface area (Å²) in [6.45, 7) is 0. The average molecular weight is 307 g/mol. The monoisotopic (exact) mass is 307 g/mol. The predicted molar refractivity (Wildman–Crippen MR) is 64.1 cm³/mol. The molecule has 0 saturated heterocycles. The zero-order valence-electron chi connectivity index (χ0n) is 6.37. The Morgan fingerprint density at radius 1 is 1.50 bits per heavy atom. The minimum absolute atomic E-state index is 1.12. The van der Waals surface area contributed by atoms with Crippen molar-refractivity contribution in [3.8, 4) is 0 Å². The number of nitrogens with zero attached hydrogens (tertiary/aromatic N) is 1. The number of rotatable bonds is 1. The number of aromatic nitrogens is 1. The van der Waals surface area contributed by atoms with E-state index in [0.717, 1.165) is 9.86 Å². The highest BCUT2D eigenvalue weighted by Gasteiger charge is 2.04. The summed E-state index contributed by atoms with van der Waals surface area (Å²) in [6.07, 6.45) is 2.06. The number of halogens is 1. The fourth-order valence-electron chi connectivity index (χ4n) is 0.982. The van der Waals surface area contributed by atoms with Crippen molar-refractivity contribution in [3.05, 3.63) is 21.8 Å². The van der Waals surface area contributed by atoms with Gasteiger partial charge in [-0.05, 0) is 41.0 Å². The molecule has 1 aromatic heterocycles. The van der Waals surface area contributed by atoms with Gasteiger partial charge in [-0.2, -0.15) is 0 Å². The molecule has 62 valence electrons. The van der Waals surface area contributed by atoms with Crippen LogP contribution in [0.4, 0.5) is 0 Å². The van der Waals surface area contributed by atoms with Crippen LogP contribution >= 0.6 is 45.7 Å². The molecule has 0 N–H and O–H groups in total. The highest BCUT2D eigenvalue weighted by atomic mass is 127. The van der Waals surface area contributed by atoms with Crippen molar-refractivity contribution in [2.75, 3.05) is 6.26 Å². The Labute approximate surface area is 92.7 Å². The van der Waals surface area contributed by atoms with Gasteiger partial charge in [0.15, 0.2) is 4.34 Å².